The van der Waals surface area contributed by atoms with Crippen molar-refractivity contribution in [3.8, 4) is 0 Å². The van der Waals surface area contributed by atoms with Crippen molar-refractivity contribution in [2.24, 2.45) is 11.3 Å². The number of piperidine rings is 1. The third-order valence-electron chi connectivity index (χ3n) is 11.5. The number of aliphatic hydroxyl groups is 1. The lowest BCUT2D eigenvalue weighted by molar-refractivity contribution is -0.316. The van der Waals surface area contributed by atoms with Gasteiger partial charge in [-0.15, -0.1) is 0 Å². The standard InChI is InChI=1S/C35H38F3N5O8S/c1-32(31(46)43-24(15-19-9-5-4-6-10-19)29(44)42-14-8-13-25(42)34(43,47)51-32)40-30(45)33(35(36,37)38)18-41(2)23-16-20-17-39-22-12-7-11-21(26(20)22)27(23)28(33)50-52(3,48)49/h4-7,9-12,17,23-26,28,39,47H,8,13-16,18H2,1-3H3,(H,40,45)/t23-,24?,25+,26?,28?,32?,33-,34?/m1/s1. The molecule has 0 aromatic heterocycles. The monoisotopic (exact) mass is 745 g/mol. The lowest BCUT2D eigenvalue weighted by atomic mass is 9.64. The van der Waals surface area contributed by atoms with Gasteiger partial charge in [0.05, 0.1) is 6.26 Å². The van der Waals surface area contributed by atoms with E-state index in [1.807, 2.05) is 0 Å². The molecular formula is C35H38F3N5O8S. The first-order valence-corrected chi connectivity index (χ1v) is 18.9. The predicted molar refractivity (Wildman–Crippen MR) is 176 cm³/mol. The molecule has 8 atom stereocenters. The summed E-state index contributed by atoms with van der Waals surface area (Å²) in [6.07, 6.45) is 0.482. The van der Waals surface area contributed by atoms with Gasteiger partial charge in [0.15, 0.2) is 5.41 Å². The van der Waals surface area contributed by atoms with Crippen LogP contribution in [0.25, 0.3) is 0 Å². The van der Waals surface area contributed by atoms with Gasteiger partial charge in [0.25, 0.3) is 21.9 Å². The Bertz CT molecular complexity index is 2000. The second-order valence-corrected chi connectivity index (χ2v) is 16.4. The number of halogens is 3. The number of hydrogen-bond donors (Lipinski definition) is 3. The fourth-order valence-corrected chi connectivity index (χ4v) is 9.93. The fraction of sp³-hybridized carbons (Fsp3) is 0.514. The van der Waals surface area contributed by atoms with Gasteiger partial charge in [0.1, 0.15) is 18.2 Å². The maximum absolute atomic E-state index is 15.9. The van der Waals surface area contributed by atoms with E-state index in [4.69, 9.17) is 8.92 Å². The van der Waals surface area contributed by atoms with Gasteiger partial charge < -0.3 is 20.6 Å². The number of fused-ring (bicyclic) bond motifs is 4. The normalized spacial score (nSPS) is 36.9. The smallest absolute Gasteiger partial charge is 0.364 e. The van der Waals surface area contributed by atoms with Crippen molar-refractivity contribution >= 4 is 27.8 Å². The SMILES string of the molecule is CN1C[C@@](C(=O)NC2(C)OC3(O)[C@@H]4CCCN4C(=O)C(Cc4ccccc4)N3C2=O)(C(F)(F)F)C(OS(C)(=O)=O)C2=C3C=CC=C4NC=C(C[C@H]21)C43. The Balaban J connectivity index is 1.22. The average Bonchev–Trinajstić information content (AvgIpc) is 3.77. The van der Waals surface area contributed by atoms with Crippen molar-refractivity contribution in [3.63, 3.8) is 0 Å². The van der Waals surface area contributed by atoms with Gasteiger partial charge >= 0.3 is 6.18 Å². The van der Waals surface area contributed by atoms with Crippen LogP contribution in [0.15, 0.2) is 77.2 Å². The quantitative estimate of drug-likeness (QED) is 0.364. The van der Waals surface area contributed by atoms with Crippen molar-refractivity contribution < 1.29 is 50.0 Å². The number of carbonyl (C=O) groups is 3. The largest absolute Gasteiger partial charge is 0.407 e. The highest BCUT2D eigenvalue weighted by Gasteiger charge is 2.74. The van der Waals surface area contributed by atoms with E-state index in [1.165, 1.54) is 16.8 Å². The number of likely N-dealkylation sites (N-methyl/N-ethyl adjacent to an activating group) is 1. The molecule has 5 aliphatic heterocycles. The minimum atomic E-state index is -5.45. The van der Waals surface area contributed by atoms with Gasteiger partial charge in [0.2, 0.25) is 17.5 Å². The first-order chi connectivity index (χ1) is 24.4. The summed E-state index contributed by atoms with van der Waals surface area (Å²) in [5.74, 6) is -6.36. The van der Waals surface area contributed by atoms with Crippen molar-refractivity contribution in [2.75, 3.05) is 26.4 Å². The van der Waals surface area contributed by atoms with Gasteiger partial charge in [-0.2, -0.15) is 21.6 Å². The Morgan fingerprint density at radius 2 is 1.94 bits per heavy atom. The molecule has 0 saturated carbocycles. The van der Waals surface area contributed by atoms with E-state index in [0.717, 1.165) is 17.4 Å². The van der Waals surface area contributed by atoms with Crippen molar-refractivity contribution in [1.29, 1.82) is 0 Å². The summed E-state index contributed by atoms with van der Waals surface area (Å²) >= 11 is 0. The van der Waals surface area contributed by atoms with Gasteiger partial charge in [-0.1, -0.05) is 42.5 Å². The molecule has 5 heterocycles. The molecule has 0 radical (unpaired) electrons. The number of rotatable bonds is 6. The van der Waals surface area contributed by atoms with Crippen LogP contribution in [0.2, 0.25) is 0 Å². The third kappa shape index (κ3) is 4.96. The van der Waals surface area contributed by atoms with E-state index >= 15 is 13.2 Å². The number of benzene rings is 1. The van der Waals surface area contributed by atoms with Gasteiger partial charge in [-0.3, -0.25) is 33.1 Å². The second kappa shape index (κ2) is 11.5. The highest BCUT2D eigenvalue weighted by atomic mass is 32.2. The number of alkyl halides is 3. The van der Waals surface area contributed by atoms with Crippen LogP contribution in [-0.2, 0) is 39.8 Å². The van der Waals surface area contributed by atoms with Gasteiger partial charge in [-0.25, -0.2) is 0 Å². The summed E-state index contributed by atoms with van der Waals surface area (Å²) in [6.45, 7) is 0.256. The first kappa shape index (κ1) is 35.0. The molecule has 7 aliphatic rings. The molecule has 4 saturated heterocycles. The van der Waals surface area contributed by atoms with Crippen LogP contribution in [0.1, 0.15) is 31.7 Å². The summed E-state index contributed by atoms with van der Waals surface area (Å²) in [6, 6.07) is 5.59. The van der Waals surface area contributed by atoms with Crippen LogP contribution in [0.3, 0.4) is 0 Å². The third-order valence-corrected chi connectivity index (χ3v) is 12.1. The predicted octanol–water partition coefficient (Wildman–Crippen LogP) is 1.40. The molecule has 52 heavy (non-hydrogen) atoms. The summed E-state index contributed by atoms with van der Waals surface area (Å²) in [5.41, 5.74) is -3.63. The van der Waals surface area contributed by atoms with E-state index in [9.17, 15) is 27.9 Å². The molecule has 8 rings (SSSR count). The molecule has 4 fully saturated rings. The molecule has 0 spiro atoms. The number of piperazine rings is 1. The number of carbonyl (C=O) groups excluding carboxylic acids is 3. The lowest BCUT2D eigenvalue weighted by Crippen LogP contribution is -2.72. The lowest BCUT2D eigenvalue weighted by Gasteiger charge is -2.53. The number of amides is 3. The maximum atomic E-state index is 15.9. The Morgan fingerprint density at radius 1 is 1.21 bits per heavy atom. The van der Waals surface area contributed by atoms with Crippen LogP contribution in [0.5, 0.6) is 0 Å². The molecule has 3 amide bonds. The number of hydrogen-bond acceptors (Lipinski definition) is 10. The van der Waals surface area contributed by atoms with Crippen molar-refractivity contribution in [2.45, 2.75) is 74.6 Å². The molecule has 5 unspecified atom stereocenters. The van der Waals surface area contributed by atoms with Gasteiger partial charge in [0, 0.05) is 43.4 Å². The van der Waals surface area contributed by atoms with Crippen LogP contribution >= 0.6 is 0 Å². The van der Waals surface area contributed by atoms with E-state index < -0.39 is 87.8 Å². The van der Waals surface area contributed by atoms with E-state index in [0.29, 0.717) is 29.5 Å². The molecule has 13 nitrogen and oxygen atoms in total. The fourth-order valence-electron chi connectivity index (χ4n) is 9.32. The zero-order valence-corrected chi connectivity index (χ0v) is 29.3. The average molecular weight is 746 g/mol. The Kier molecular flexibility index (Phi) is 7.73. The maximum Gasteiger partial charge on any atom is 0.407 e. The Hall–Kier alpha value is -4.03. The number of ether oxygens (including phenoxy) is 1. The highest BCUT2D eigenvalue weighted by Crippen LogP contribution is 2.56. The van der Waals surface area contributed by atoms with E-state index in [2.05, 4.69) is 10.6 Å². The van der Waals surface area contributed by atoms with Crippen LogP contribution < -0.4 is 10.6 Å². The summed E-state index contributed by atoms with van der Waals surface area (Å²) in [7, 11) is -3.21. The van der Waals surface area contributed by atoms with Crippen LogP contribution in [0, 0.1) is 11.3 Å². The van der Waals surface area contributed by atoms with Gasteiger partial charge in [-0.05, 0) is 61.6 Å². The zero-order valence-electron chi connectivity index (χ0n) is 28.5. The summed E-state index contributed by atoms with van der Waals surface area (Å²) < 4.78 is 84.8. The Labute approximate surface area is 297 Å². The first-order valence-electron chi connectivity index (χ1n) is 17.1. The highest BCUT2D eigenvalue weighted by molar-refractivity contribution is 7.86. The van der Waals surface area contributed by atoms with Crippen LogP contribution in [-0.4, -0.2) is 114 Å². The molecule has 17 heteroatoms. The number of nitrogens with zero attached hydrogens (tertiary/aromatic N) is 3. The minimum Gasteiger partial charge on any atom is -0.364 e. The number of allylic oxidation sites excluding steroid dienone is 4. The summed E-state index contributed by atoms with van der Waals surface area (Å²) in [5, 5.41) is 17.5. The minimum absolute atomic E-state index is 0.0191. The second-order valence-electron chi connectivity index (χ2n) is 14.8. The summed E-state index contributed by atoms with van der Waals surface area (Å²) in [4.78, 5) is 46.5. The number of nitrogens with one attached hydrogen (secondary N) is 2. The molecular weight excluding hydrogens is 707 g/mol. The Morgan fingerprint density at radius 3 is 2.63 bits per heavy atom. The van der Waals surface area contributed by atoms with E-state index in [1.54, 1.807) is 54.8 Å². The van der Waals surface area contributed by atoms with Crippen molar-refractivity contribution in [1.82, 2.24) is 25.3 Å². The molecule has 0 bridgehead atoms. The molecule has 278 valence electrons. The van der Waals surface area contributed by atoms with Crippen LogP contribution in [0.4, 0.5) is 13.2 Å². The molecule has 2 aliphatic carbocycles. The zero-order chi connectivity index (χ0) is 37.2. The van der Waals surface area contributed by atoms with E-state index in [-0.39, 0.29) is 31.4 Å². The topological polar surface area (TPSA) is 158 Å². The number of likely N-dealkylation sites (tertiary alicyclic amines) is 1. The molecule has 1 aromatic carbocycles. The van der Waals surface area contributed by atoms with Crippen molar-refractivity contribution in [3.05, 3.63) is 82.7 Å². The molecule has 3 N–H and O–H groups in total. The molecule has 1 aromatic rings.